The van der Waals surface area contributed by atoms with Crippen LogP contribution in [0.25, 0.3) is 0 Å². The van der Waals surface area contributed by atoms with E-state index < -0.39 is 0 Å². The molecule has 2 aromatic carbocycles. The van der Waals surface area contributed by atoms with E-state index in [1.54, 1.807) is 0 Å². The highest BCUT2D eigenvalue weighted by molar-refractivity contribution is 5.95. The van der Waals surface area contributed by atoms with Crippen molar-refractivity contribution in [3.05, 3.63) is 65.7 Å². The van der Waals surface area contributed by atoms with E-state index >= 15 is 0 Å². The number of amides is 2. The van der Waals surface area contributed by atoms with Gasteiger partial charge in [-0.2, -0.15) is 0 Å². The molecule has 0 saturated carbocycles. The molecule has 1 aliphatic rings. The van der Waals surface area contributed by atoms with Gasteiger partial charge in [0.2, 0.25) is 11.8 Å². The van der Waals surface area contributed by atoms with Crippen molar-refractivity contribution in [3.8, 4) is 0 Å². The summed E-state index contributed by atoms with van der Waals surface area (Å²) in [6.07, 6.45) is 0.864. The smallest absolute Gasteiger partial charge is 0.227 e. The molecule has 1 fully saturated rings. The van der Waals surface area contributed by atoms with Crippen molar-refractivity contribution in [2.45, 2.75) is 19.8 Å². The first-order chi connectivity index (χ1) is 11.6. The first-order valence-electron chi connectivity index (χ1n) is 8.29. The summed E-state index contributed by atoms with van der Waals surface area (Å²) in [7, 11) is 0. The van der Waals surface area contributed by atoms with Gasteiger partial charge in [0.15, 0.2) is 0 Å². The monoisotopic (exact) mass is 322 g/mol. The number of hydrogen-bond acceptors (Lipinski definition) is 2. The molecular weight excluding hydrogens is 300 g/mol. The number of rotatable bonds is 5. The maximum absolute atomic E-state index is 12.2. The molecule has 2 aromatic rings. The number of benzene rings is 2. The summed E-state index contributed by atoms with van der Waals surface area (Å²) in [5.74, 6) is 0.294. The van der Waals surface area contributed by atoms with E-state index in [2.05, 4.69) is 5.32 Å². The normalized spacial score (nSPS) is 17.1. The summed E-state index contributed by atoms with van der Waals surface area (Å²) in [6.45, 7) is 3.23. The van der Waals surface area contributed by atoms with Crippen LogP contribution in [0.4, 0.5) is 5.69 Å². The summed E-state index contributed by atoms with van der Waals surface area (Å²) in [5.41, 5.74) is 3.11. The van der Waals surface area contributed by atoms with Crippen LogP contribution in [0, 0.1) is 12.8 Å². The second-order valence-electron chi connectivity index (χ2n) is 6.38. The van der Waals surface area contributed by atoms with Crippen molar-refractivity contribution in [2.24, 2.45) is 5.92 Å². The maximum Gasteiger partial charge on any atom is 0.227 e. The zero-order valence-corrected chi connectivity index (χ0v) is 13.9. The Morgan fingerprint density at radius 3 is 2.54 bits per heavy atom. The van der Waals surface area contributed by atoms with Gasteiger partial charge in [-0.05, 0) is 24.6 Å². The van der Waals surface area contributed by atoms with E-state index in [1.807, 2.05) is 66.4 Å². The molecule has 1 atom stereocenters. The number of carbonyl (C=O) groups is 2. The fourth-order valence-electron chi connectivity index (χ4n) is 2.99. The van der Waals surface area contributed by atoms with Crippen molar-refractivity contribution in [3.63, 3.8) is 0 Å². The van der Waals surface area contributed by atoms with Crippen LogP contribution in [0.1, 0.15) is 17.5 Å². The lowest BCUT2D eigenvalue weighted by Crippen LogP contribution is -2.32. The molecule has 0 aliphatic carbocycles. The predicted octanol–water partition coefficient (Wildman–Crippen LogP) is 2.71. The largest absolute Gasteiger partial charge is 0.355 e. The Morgan fingerprint density at radius 2 is 1.83 bits per heavy atom. The van der Waals surface area contributed by atoms with Gasteiger partial charge in [-0.15, -0.1) is 0 Å². The Kier molecular flexibility index (Phi) is 4.94. The predicted molar refractivity (Wildman–Crippen MR) is 94.8 cm³/mol. The average Bonchev–Trinajstić information content (AvgIpc) is 2.95. The number of nitrogens with zero attached hydrogens (tertiary/aromatic N) is 1. The van der Waals surface area contributed by atoms with E-state index in [-0.39, 0.29) is 17.7 Å². The van der Waals surface area contributed by atoms with Crippen molar-refractivity contribution >= 4 is 17.5 Å². The van der Waals surface area contributed by atoms with Crippen LogP contribution in [0.3, 0.4) is 0 Å². The third-order valence-corrected chi connectivity index (χ3v) is 4.35. The van der Waals surface area contributed by atoms with Gasteiger partial charge in [0.25, 0.3) is 0 Å². The van der Waals surface area contributed by atoms with Gasteiger partial charge in [0, 0.05) is 31.1 Å². The maximum atomic E-state index is 12.2. The number of hydrogen-bond donors (Lipinski definition) is 1. The molecule has 4 heteroatoms. The lowest BCUT2D eigenvalue weighted by atomic mass is 10.1. The third-order valence-electron chi connectivity index (χ3n) is 4.35. The molecule has 4 nitrogen and oxygen atoms in total. The Morgan fingerprint density at radius 1 is 1.12 bits per heavy atom. The van der Waals surface area contributed by atoms with E-state index in [1.165, 1.54) is 5.56 Å². The summed E-state index contributed by atoms with van der Waals surface area (Å²) in [6, 6.07) is 17.7. The molecular formula is C20H22N2O2. The minimum atomic E-state index is 0.00225. The van der Waals surface area contributed by atoms with Gasteiger partial charge < -0.3 is 10.2 Å². The van der Waals surface area contributed by atoms with Crippen molar-refractivity contribution in [1.29, 1.82) is 0 Å². The summed E-state index contributed by atoms with van der Waals surface area (Å²) in [4.78, 5) is 26.1. The van der Waals surface area contributed by atoms with Crippen LogP contribution in [0.5, 0.6) is 0 Å². The van der Waals surface area contributed by atoms with Crippen LogP contribution in [0.15, 0.2) is 54.6 Å². The average molecular weight is 322 g/mol. The van der Waals surface area contributed by atoms with Gasteiger partial charge in [0.1, 0.15) is 0 Å². The second kappa shape index (κ2) is 7.30. The number of aryl methyl sites for hydroxylation is 1. The first kappa shape index (κ1) is 16.2. The fourth-order valence-corrected chi connectivity index (χ4v) is 2.99. The van der Waals surface area contributed by atoms with E-state index in [4.69, 9.17) is 0 Å². The van der Waals surface area contributed by atoms with E-state index in [9.17, 15) is 9.59 Å². The van der Waals surface area contributed by atoms with Crippen molar-refractivity contribution in [2.75, 3.05) is 18.0 Å². The quantitative estimate of drug-likeness (QED) is 0.920. The van der Waals surface area contributed by atoms with Crippen molar-refractivity contribution in [1.82, 2.24) is 5.32 Å². The van der Waals surface area contributed by atoms with E-state index in [0.29, 0.717) is 25.9 Å². The first-order valence-corrected chi connectivity index (χ1v) is 8.29. The third kappa shape index (κ3) is 4.02. The molecule has 1 aliphatic heterocycles. The molecule has 0 spiro atoms. The molecule has 124 valence electrons. The minimum Gasteiger partial charge on any atom is -0.355 e. The van der Waals surface area contributed by atoms with Gasteiger partial charge in [-0.25, -0.2) is 0 Å². The van der Waals surface area contributed by atoms with Gasteiger partial charge in [-0.3, -0.25) is 9.59 Å². The summed E-state index contributed by atoms with van der Waals surface area (Å²) < 4.78 is 0. The molecule has 1 heterocycles. The number of anilines is 1. The standard InChI is InChI=1S/C20H22N2O2/c1-15-7-9-18(10-8-15)22-14-17(12-20(22)24)13-21-19(23)11-16-5-3-2-4-6-16/h2-10,17H,11-14H2,1H3,(H,21,23). The topological polar surface area (TPSA) is 49.4 Å². The lowest BCUT2D eigenvalue weighted by Gasteiger charge is -2.17. The number of nitrogens with one attached hydrogen (secondary N) is 1. The summed E-state index contributed by atoms with van der Waals surface area (Å²) >= 11 is 0. The number of carbonyl (C=O) groups excluding carboxylic acids is 2. The molecule has 1 saturated heterocycles. The highest BCUT2D eigenvalue weighted by Gasteiger charge is 2.30. The highest BCUT2D eigenvalue weighted by atomic mass is 16.2. The zero-order chi connectivity index (χ0) is 16.9. The Balaban J connectivity index is 1.51. The SMILES string of the molecule is Cc1ccc(N2CC(CNC(=O)Cc3ccccc3)CC2=O)cc1. The van der Waals surface area contributed by atoms with Crippen LogP contribution < -0.4 is 10.2 Å². The minimum absolute atomic E-state index is 0.00225. The van der Waals surface area contributed by atoms with Crippen LogP contribution in [-0.4, -0.2) is 24.9 Å². The highest BCUT2D eigenvalue weighted by Crippen LogP contribution is 2.24. The molecule has 0 aromatic heterocycles. The molecule has 24 heavy (non-hydrogen) atoms. The van der Waals surface area contributed by atoms with Crippen LogP contribution >= 0.6 is 0 Å². The van der Waals surface area contributed by atoms with E-state index in [0.717, 1.165) is 11.3 Å². The Bertz CT molecular complexity index is 710. The van der Waals surface area contributed by atoms with Gasteiger partial charge in [-0.1, -0.05) is 48.0 Å². The van der Waals surface area contributed by atoms with Crippen molar-refractivity contribution < 1.29 is 9.59 Å². The van der Waals surface area contributed by atoms with Gasteiger partial charge >= 0.3 is 0 Å². The molecule has 2 amide bonds. The zero-order valence-electron chi connectivity index (χ0n) is 13.9. The van der Waals surface area contributed by atoms with Crippen LogP contribution in [0.2, 0.25) is 0 Å². The van der Waals surface area contributed by atoms with Crippen LogP contribution in [-0.2, 0) is 16.0 Å². The molecule has 1 unspecified atom stereocenters. The lowest BCUT2D eigenvalue weighted by molar-refractivity contribution is -0.121. The van der Waals surface area contributed by atoms with Gasteiger partial charge in [0.05, 0.1) is 6.42 Å². The molecule has 0 bridgehead atoms. The second-order valence-corrected chi connectivity index (χ2v) is 6.38. The summed E-state index contributed by atoms with van der Waals surface area (Å²) in [5, 5.41) is 2.96. The Labute approximate surface area is 142 Å². The fraction of sp³-hybridized carbons (Fsp3) is 0.300. The molecule has 3 rings (SSSR count). The molecule has 0 radical (unpaired) electrons. The Hall–Kier alpha value is -2.62. The molecule has 1 N–H and O–H groups in total.